The van der Waals surface area contributed by atoms with Crippen molar-refractivity contribution < 1.29 is 9.72 Å². The minimum absolute atomic E-state index is 0.0158. The lowest BCUT2D eigenvalue weighted by molar-refractivity contribution is -0.384. The summed E-state index contributed by atoms with van der Waals surface area (Å²) in [4.78, 5) is 23.0. The standard InChI is InChI=1S/C19H17N3O3/c1-12-4-7-17(10-13(12)2)21-19(23)18(14(3)20-21)11-15-5-8-16(9-6-15)22(24)25/h4-11H,1-3H3. The first kappa shape index (κ1) is 16.6. The summed E-state index contributed by atoms with van der Waals surface area (Å²) in [5.41, 5.74) is 4.78. The summed E-state index contributed by atoms with van der Waals surface area (Å²) in [7, 11) is 0. The summed E-state index contributed by atoms with van der Waals surface area (Å²) in [6.45, 7) is 5.78. The summed E-state index contributed by atoms with van der Waals surface area (Å²) in [6.07, 6.45) is 1.70. The van der Waals surface area contributed by atoms with E-state index >= 15 is 0 Å². The van der Waals surface area contributed by atoms with Gasteiger partial charge in [0, 0.05) is 12.1 Å². The lowest BCUT2D eigenvalue weighted by Gasteiger charge is -2.13. The van der Waals surface area contributed by atoms with E-state index in [0.29, 0.717) is 16.8 Å². The number of carbonyl (C=O) groups excluding carboxylic acids is 1. The van der Waals surface area contributed by atoms with Gasteiger partial charge in [0.1, 0.15) is 0 Å². The van der Waals surface area contributed by atoms with Crippen molar-refractivity contribution in [1.82, 2.24) is 0 Å². The largest absolute Gasteiger partial charge is 0.280 e. The normalized spacial score (nSPS) is 15.6. The van der Waals surface area contributed by atoms with Gasteiger partial charge >= 0.3 is 0 Å². The van der Waals surface area contributed by atoms with Crippen LogP contribution < -0.4 is 5.01 Å². The molecule has 126 valence electrons. The van der Waals surface area contributed by atoms with Gasteiger partial charge in [-0.15, -0.1) is 0 Å². The fraction of sp³-hybridized carbons (Fsp3) is 0.158. The number of nitrogens with zero attached hydrogens (tertiary/aromatic N) is 3. The molecule has 1 aliphatic rings. The van der Waals surface area contributed by atoms with Gasteiger partial charge in [0.25, 0.3) is 11.6 Å². The third kappa shape index (κ3) is 3.19. The molecule has 0 N–H and O–H groups in total. The van der Waals surface area contributed by atoms with Crippen molar-refractivity contribution >= 4 is 29.1 Å². The number of hydrogen-bond donors (Lipinski definition) is 0. The van der Waals surface area contributed by atoms with Crippen molar-refractivity contribution in [3.63, 3.8) is 0 Å². The zero-order chi connectivity index (χ0) is 18.1. The van der Waals surface area contributed by atoms with E-state index in [1.165, 1.54) is 17.1 Å². The van der Waals surface area contributed by atoms with Crippen molar-refractivity contribution in [2.24, 2.45) is 5.10 Å². The number of benzene rings is 2. The number of nitro groups is 1. The molecule has 0 aromatic heterocycles. The number of rotatable bonds is 3. The molecule has 0 unspecified atom stereocenters. The molecule has 6 nitrogen and oxygen atoms in total. The molecule has 0 saturated heterocycles. The van der Waals surface area contributed by atoms with Gasteiger partial charge in [-0.2, -0.15) is 10.1 Å². The number of carbonyl (C=O) groups is 1. The van der Waals surface area contributed by atoms with Crippen LogP contribution in [0.25, 0.3) is 6.08 Å². The van der Waals surface area contributed by atoms with E-state index in [1.807, 2.05) is 32.0 Å². The maximum Gasteiger partial charge on any atom is 0.280 e. The second kappa shape index (κ2) is 6.32. The molecule has 6 heteroatoms. The van der Waals surface area contributed by atoms with Crippen LogP contribution in [-0.2, 0) is 4.79 Å². The second-order valence-corrected chi connectivity index (χ2v) is 5.98. The van der Waals surface area contributed by atoms with Gasteiger partial charge in [-0.05, 0) is 67.8 Å². The molecule has 0 radical (unpaired) electrons. The van der Waals surface area contributed by atoms with E-state index in [1.54, 1.807) is 25.1 Å². The fourth-order valence-electron chi connectivity index (χ4n) is 2.58. The van der Waals surface area contributed by atoms with Gasteiger partial charge in [0.05, 0.1) is 21.9 Å². The molecule has 0 atom stereocenters. The quantitative estimate of drug-likeness (QED) is 0.483. The van der Waals surface area contributed by atoms with Crippen molar-refractivity contribution in [1.29, 1.82) is 0 Å². The number of amides is 1. The molecule has 1 amide bonds. The second-order valence-electron chi connectivity index (χ2n) is 5.98. The van der Waals surface area contributed by atoms with Gasteiger partial charge < -0.3 is 0 Å². The van der Waals surface area contributed by atoms with Gasteiger partial charge in [0.15, 0.2) is 0 Å². The van der Waals surface area contributed by atoms with E-state index in [-0.39, 0.29) is 11.6 Å². The molecule has 2 aromatic carbocycles. The Hall–Kier alpha value is -3.28. The predicted octanol–water partition coefficient (Wildman–Crippen LogP) is 4.02. The molecule has 3 rings (SSSR count). The molecule has 0 aliphatic carbocycles. The van der Waals surface area contributed by atoms with E-state index in [2.05, 4.69) is 5.10 Å². The van der Waals surface area contributed by atoms with Crippen molar-refractivity contribution in [2.75, 3.05) is 5.01 Å². The number of non-ortho nitro benzene ring substituents is 1. The molecular weight excluding hydrogens is 318 g/mol. The summed E-state index contributed by atoms with van der Waals surface area (Å²) in [6, 6.07) is 11.8. The van der Waals surface area contributed by atoms with Crippen LogP contribution in [0.15, 0.2) is 53.1 Å². The van der Waals surface area contributed by atoms with Gasteiger partial charge in [0.2, 0.25) is 0 Å². The summed E-state index contributed by atoms with van der Waals surface area (Å²) in [5.74, 6) is -0.209. The van der Waals surface area contributed by atoms with Crippen LogP contribution >= 0.6 is 0 Å². The first-order chi connectivity index (χ1) is 11.9. The Morgan fingerprint density at radius 2 is 1.72 bits per heavy atom. The van der Waals surface area contributed by atoms with Crippen LogP contribution in [0.3, 0.4) is 0 Å². The highest BCUT2D eigenvalue weighted by Crippen LogP contribution is 2.27. The third-order valence-corrected chi connectivity index (χ3v) is 4.21. The van der Waals surface area contributed by atoms with Crippen molar-refractivity contribution in [3.05, 3.63) is 74.8 Å². The summed E-state index contributed by atoms with van der Waals surface area (Å²) in [5, 5.41) is 16.5. The van der Waals surface area contributed by atoms with E-state index in [0.717, 1.165) is 16.8 Å². The molecule has 25 heavy (non-hydrogen) atoms. The minimum atomic E-state index is -0.453. The average Bonchev–Trinajstić information content (AvgIpc) is 2.86. The zero-order valence-corrected chi connectivity index (χ0v) is 14.2. The average molecular weight is 335 g/mol. The van der Waals surface area contributed by atoms with Gasteiger partial charge in [-0.3, -0.25) is 14.9 Å². The summed E-state index contributed by atoms with van der Waals surface area (Å²) >= 11 is 0. The highest BCUT2D eigenvalue weighted by molar-refractivity contribution is 6.32. The number of anilines is 1. The Morgan fingerprint density at radius 3 is 2.32 bits per heavy atom. The van der Waals surface area contributed by atoms with Gasteiger partial charge in [-0.25, -0.2) is 0 Å². The Balaban J connectivity index is 1.91. The smallest absolute Gasteiger partial charge is 0.267 e. The molecular formula is C19H17N3O3. The maximum absolute atomic E-state index is 12.7. The fourth-order valence-corrected chi connectivity index (χ4v) is 2.58. The Bertz CT molecular complexity index is 927. The number of aryl methyl sites for hydroxylation is 2. The van der Waals surface area contributed by atoms with Crippen LogP contribution in [0.4, 0.5) is 11.4 Å². The lowest BCUT2D eigenvalue weighted by Crippen LogP contribution is -2.21. The first-order valence-electron chi connectivity index (χ1n) is 7.80. The molecule has 0 saturated carbocycles. The molecule has 0 spiro atoms. The Labute approximate surface area is 145 Å². The predicted molar refractivity (Wildman–Crippen MR) is 97.6 cm³/mol. The Morgan fingerprint density at radius 1 is 1.04 bits per heavy atom. The minimum Gasteiger partial charge on any atom is -0.267 e. The monoisotopic (exact) mass is 335 g/mol. The molecule has 1 aliphatic heterocycles. The number of hydrazone groups is 1. The van der Waals surface area contributed by atoms with Crippen molar-refractivity contribution in [3.8, 4) is 0 Å². The van der Waals surface area contributed by atoms with Crippen LogP contribution in [0.2, 0.25) is 0 Å². The lowest BCUT2D eigenvalue weighted by atomic mass is 10.1. The number of nitro benzene ring substituents is 1. The SMILES string of the molecule is CC1=NN(c2ccc(C)c(C)c2)C(=O)C1=Cc1ccc([N+](=O)[O-])cc1. The van der Waals surface area contributed by atoms with Gasteiger partial charge in [-0.1, -0.05) is 6.07 Å². The van der Waals surface area contributed by atoms with Crippen LogP contribution in [0.5, 0.6) is 0 Å². The van der Waals surface area contributed by atoms with Crippen molar-refractivity contribution in [2.45, 2.75) is 20.8 Å². The molecule has 1 heterocycles. The van der Waals surface area contributed by atoms with E-state index in [4.69, 9.17) is 0 Å². The highest BCUT2D eigenvalue weighted by Gasteiger charge is 2.28. The van der Waals surface area contributed by atoms with Crippen LogP contribution in [0, 0.1) is 24.0 Å². The topological polar surface area (TPSA) is 75.8 Å². The first-order valence-corrected chi connectivity index (χ1v) is 7.80. The Kier molecular flexibility index (Phi) is 4.19. The molecule has 2 aromatic rings. The molecule has 0 bridgehead atoms. The third-order valence-electron chi connectivity index (χ3n) is 4.21. The highest BCUT2D eigenvalue weighted by atomic mass is 16.6. The number of hydrogen-bond acceptors (Lipinski definition) is 4. The maximum atomic E-state index is 12.7. The van der Waals surface area contributed by atoms with E-state index in [9.17, 15) is 14.9 Å². The molecule has 0 fully saturated rings. The van der Waals surface area contributed by atoms with E-state index < -0.39 is 4.92 Å². The van der Waals surface area contributed by atoms with Crippen LogP contribution in [0.1, 0.15) is 23.6 Å². The summed E-state index contributed by atoms with van der Waals surface area (Å²) < 4.78 is 0. The van der Waals surface area contributed by atoms with Crippen LogP contribution in [-0.4, -0.2) is 16.5 Å². The zero-order valence-electron chi connectivity index (χ0n) is 14.2.